The average Bonchev–Trinajstić information content (AvgIpc) is 3.43. The second-order valence-corrected chi connectivity index (χ2v) is 8.09. The Morgan fingerprint density at radius 1 is 1.18 bits per heavy atom. The number of nitrogens with one attached hydrogen (secondary N) is 2. The van der Waals surface area contributed by atoms with Crippen molar-refractivity contribution in [1.82, 2.24) is 19.7 Å². The lowest BCUT2D eigenvalue weighted by Crippen LogP contribution is -2.19. The molecule has 0 saturated heterocycles. The van der Waals surface area contributed by atoms with Crippen molar-refractivity contribution in [3.05, 3.63) is 81.1 Å². The van der Waals surface area contributed by atoms with Gasteiger partial charge in [0, 0.05) is 23.4 Å². The number of H-pyrrole nitrogens is 1. The van der Waals surface area contributed by atoms with E-state index in [2.05, 4.69) is 20.4 Å². The highest BCUT2D eigenvalue weighted by Crippen LogP contribution is 2.30. The molecule has 33 heavy (non-hydrogen) atoms. The van der Waals surface area contributed by atoms with Gasteiger partial charge in [0.1, 0.15) is 11.5 Å². The summed E-state index contributed by atoms with van der Waals surface area (Å²) >= 11 is 1.42. The van der Waals surface area contributed by atoms with Crippen LogP contribution in [0.2, 0.25) is 0 Å². The van der Waals surface area contributed by atoms with E-state index in [0.29, 0.717) is 17.8 Å². The van der Waals surface area contributed by atoms with Gasteiger partial charge in [0.05, 0.1) is 10.4 Å². The van der Waals surface area contributed by atoms with E-state index in [9.17, 15) is 22.8 Å². The van der Waals surface area contributed by atoms with E-state index in [1.54, 1.807) is 6.07 Å². The number of rotatable bonds is 6. The summed E-state index contributed by atoms with van der Waals surface area (Å²) in [5.74, 6) is -0.516. The molecule has 0 atom stereocenters. The summed E-state index contributed by atoms with van der Waals surface area (Å²) in [6, 6.07) is 10.7. The predicted molar refractivity (Wildman–Crippen MR) is 119 cm³/mol. The van der Waals surface area contributed by atoms with Crippen molar-refractivity contribution in [2.24, 2.45) is 0 Å². The number of nitrogens with zero attached hydrogens (tertiary/aromatic N) is 3. The van der Waals surface area contributed by atoms with E-state index in [1.165, 1.54) is 34.2 Å². The first kappa shape index (κ1) is 22.5. The molecule has 4 rings (SSSR count). The van der Waals surface area contributed by atoms with E-state index >= 15 is 0 Å². The zero-order valence-corrected chi connectivity index (χ0v) is 18.1. The Labute approximate surface area is 189 Å². The maximum Gasteiger partial charge on any atom is 0.416 e. The van der Waals surface area contributed by atoms with Crippen LogP contribution in [0.5, 0.6) is 0 Å². The minimum atomic E-state index is -4.58. The Morgan fingerprint density at radius 3 is 2.70 bits per heavy atom. The summed E-state index contributed by atoms with van der Waals surface area (Å²) in [6.45, 7) is 1.95. The number of halogens is 3. The number of aryl methyl sites for hydroxylation is 1. The lowest BCUT2D eigenvalue weighted by atomic mass is 10.1. The number of aromatic amines is 1. The normalized spacial score (nSPS) is 11.5. The van der Waals surface area contributed by atoms with Crippen molar-refractivity contribution in [3.8, 4) is 16.5 Å². The molecule has 0 aliphatic rings. The molecular weight excluding hydrogens is 455 g/mol. The minimum Gasteiger partial charge on any atom is -0.306 e. The highest BCUT2D eigenvalue weighted by atomic mass is 32.1. The molecule has 3 aromatic heterocycles. The average molecular weight is 473 g/mol. The third kappa shape index (κ3) is 5.03. The molecule has 0 saturated carbocycles. The molecule has 2 N–H and O–H groups in total. The Balaban J connectivity index is 1.75. The Morgan fingerprint density at radius 2 is 2.00 bits per heavy atom. The molecule has 0 aliphatic carbocycles. The second kappa shape index (κ2) is 9.02. The highest BCUT2D eigenvalue weighted by molar-refractivity contribution is 7.13. The molecule has 4 aromatic rings. The highest BCUT2D eigenvalue weighted by Gasteiger charge is 2.31. The number of hydrogen-bond donors (Lipinski definition) is 2. The number of carbonyl (C=O) groups excluding carboxylic acids is 1. The van der Waals surface area contributed by atoms with Crippen molar-refractivity contribution in [2.45, 2.75) is 25.9 Å². The van der Waals surface area contributed by atoms with E-state index in [4.69, 9.17) is 0 Å². The lowest BCUT2D eigenvalue weighted by Gasteiger charge is -2.11. The topological polar surface area (TPSA) is 92.7 Å². The van der Waals surface area contributed by atoms with Gasteiger partial charge in [-0.25, -0.2) is 4.98 Å². The minimum absolute atomic E-state index is 0.0908. The summed E-state index contributed by atoms with van der Waals surface area (Å²) in [5, 5.41) is 8.92. The van der Waals surface area contributed by atoms with Gasteiger partial charge < -0.3 is 5.32 Å². The molecule has 3 heterocycles. The first-order valence-electron chi connectivity index (χ1n) is 9.98. The number of alkyl halides is 3. The van der Waals surface area contributed by atoms with E-state index in [1.807, 2.05) is 24.4 Å². The molecule has 0 fully saturated rings. The molecule has 0 aliphatic heterocycles. The van der Waals surface area contributed by atoms with Crippen molar-refractivity contribution in [3.63, 3.8) is 0 Å². The quantitative estimate of drug-likeness (QED) is 0.416. The number of anilines is 1. The van der Waals surface area contributed by atoms with Gasteiger partial charge in [-0.1, -0.05) is 25.5 Å². The van der Waals surface area contributed by atoms with Gasteiger partial charge >= 0.3 is 6.18 Å². The number of benzene rings is 1. The van der Waals surface area contributed by atoms with Crippen LogP contribution in [-0.4, -0.2) is 25.7 Å². The monoisotopic (exact) mass is 473 g/mol. The van der Waals surface area contributed by atoms with Crippen LogP contribution in [0.3, 0.4) is 0 Å². The molecule has 0 unspecified atom stereocenters. The third-order valence-electron chi connectivity index (χ3n) is 4.67. The van der Waals surface area contributed by atoms with Gasteiger partial charge in [-0.05, 0) is 36.1 Å². The molecular formula is C22H18F3N5O2S. The number of amides is 1. The van der Waals surface area contributed by atoms with Gasteiger partial charge in [-0.15, -0.1) is 11.3 Å². The lowest BCUT2D eigenvalue weighted by molar-refractivity contribution is -0.137. The smallest absolute Gasteiger partial charge is 0.306 e. The maximum absolute atomic E-state index is 13.1. The van der Waals surface area contributed by atoms with Crippen LogP contribution < -0.4 is 10.9 Å². The van der Waals surface area contributed by atoms with Crippen LogP contribution in [0.1, 0.15) is 35.0 Å². The van der Waals surface area contributed by atoms with Gasteiger partial charge in [-0.3, -0.25) is 14.6 Å². The summed E-state index contributed by atoms with van der Waals surface area (Å²) in [4.78, 5) is 32.8. The number of aromatic nitrogens is 4. The molecule has 0 bridgehead atoms. The van der Waals surface area contributed by atoms with Gasteiger partial charge in [-0.2, -0.15) is 23.0 Å². The first-order valence-corrected chi connectivity index (χ1v) is 10.9. The summed E-state index contributed by atoms with van der Waals surface area (Å²) in [7, 11) is 0. The van der Waals surface area contributed by atoms with Crippen LogP contribution in [0.15, 0.2) is 58.7 Å². The van der Waals surface area contributed by atoms with E-state index < -0.39 is 17.6 Å². The van der Waals surface area contributed by atoms with Crippen LogP contribution in [0.25, 0.3) is 16.5 Å². The summed E-state index contributed by atoms with van der Waals surface area (Å²) in [5.41, 5.74) is -0.420. The van der Waals surface area contributed by atoms with Crippen molar-refractivity contribution >= 4 is 23.1 Å². The van der Waals surface area contributed by atoms with Gasteiger partial charge in [0.25, 0.3) is 11.5 Å². The van der Waals surface area contributed by atoms with Gasteiger partial charge in [0.15, 0.2) is 0 Å². The summed E-state index contributed by atoms with van der Waals surface area (Å²) in [6.07, 6.45) is -3.23. The number of hydrogen-bond acceptors (Lipinski definition) is 5. The molecule has 170 valence electrons. The molecule has 1 amide bonds. The molecule has 11 heteroatoms. The molecule has 1 aromatic carbocycles. The molecule has 0 radical (unpaired) electrons. The fraction of sp³-hybridized carbons (Fsp3) is 0.182. The zero-order chi connectivity index (χ0) is 23.6. The Bertz CT molecular complexity index is 1340. The largest absolute Gasteiger partial charge is 0.416 e. The van der Waals surface area contributed by atoms with Crippen LogP contribution in [-0.2, 0) is 12.6 Å². The van der Waals surface area contributed by atoms with Crippen LogP contribution >= 0.6 is 11.3 Å². The zero-order valence-electron chi connectivity index (χ0n) is 17.3. The van der Waals surface area contributed by atoms with E-state index in [-0.39, 0.29) is 22.9 Å². The number of thiophene rings is 1. The van der Waals surface area contributed by atoms with Crippen molar-refractivity contribution < 1.29 is 18.0 Å². The third-order valence-corrected chi connectivity index (χ3v) is 5.56. The maximum atomic E-state index is 13.1. The van der Waals surface area contributed by atoms with Crippen LogP contribution in [0.4, 0.5) is 19.0 Å². The molecule has 7 nitrogen and oxygen atoms in total. The standard InChI is InChI=1S/C22H18F3N5O2S/c1-2-5-15-11-19(31)28-21(26-15)30-18(12-16(29-30)17-8-4-9-33-17)27-20(32)13-6-3-7-14(10-13)22(23,24)25/h3-4,6-12H,2,5H2,1H3,(H,27,32)(H,26,28,31). The van der Waals surface area contributed by atoms with Crippen LogP contribution in [0, 0.1) is 0 Å². The van der Waals surface area contributed by atoms with Gasteiger partial charge in [0.2, 0.25) is 5.95 Å². The van der Waals surface area contributed by atoms with Crippen molar-refractivity contribution in [2.75, 3.05) is 5.32 Å². The summed E-state index contributed by atoms with van der Waals surface area (Å²) < 4.78 is 40.4. The second-order valence-electron chi connectivity index (χ2n) is 7.15. The Hall–Kier alpha value is -3.73. The molecule has 0 spiro atoms. The Kier molecular flexibility index (Phi) is 6.14. The fourth-order valence-corrected chi connectivity index (χ4v) is 3.86. The first-order chi connectivity index (χ1) is 15.7. The predicted octanol–water partition coefficient (Wildman–Crippen LogP) is 4.91. The SMILES string of the molecule is CCCc1cc(=O)[nH]c(-n2nc(-c3cccs3)cc2NC(=O)c2cccc(C(F)(F)F)c2)n1. The van der Waals surface area contributed by atoms with Crippen molar-refractivity contribution in [1.29, 1.82) is 0 Å². The van der Waals surface area contributed by atoms with E-state index in [0.717, 1.165) is 23.4 Å². The fourth-order valence-electron chi connectivity index (χ4n) is 3.18. The number of carbonyl (C=O) groups is 1.